The molecule has 0 aliphatic heterocycles. The molecule has 0 N–H and O–H groups in total. The molecule has 80 valence electrons. The second-order valence-electron chi connectivity index (χ2n) is 2.51. The van der Waals surface area contributed by atoms with Crippen molar-refractivity contribution < 1.29 is 14.6 Å². The van der Waals surface area contributed by atoms with Crippen molar-refractivity contribution in [3.8, 4) is 0 Å². The third-order valence-corrected chi connectivity index (χ3v) is 1.39. The van der Waals surface area contributed by atoms with Crippen molar-refractivity contribution in [1.82, 2.24) is 9.55 Å². The first-order chi connectivity index (χ1) is 7.11. The van der Waals surface area contributed by atoms with Gasteiger partial charge >= 0.3 is 11.9 Å². The van der Waals surface area contributed by atoms with Crippen LogP contribution in [0, 0.1) is 10.1 Å². The van der Waals surface area contributed by atoms with E-state index in [1.165, 1.54) is 30.1 Å². The van der Waals surface area contributed by atoms with Gasteiger partial charge in [-0.25, -0.2) is 9.36 Å². The average molecular weight is 212 g/mol. The summed E-state index contributed by atoms with van der Waals surface area (Å²) in [5, 5.41) is 13.7. The molecular weight excluding hydrogens is 204 g/mol. The zero-order chi connectivity index (χ0) is 11.3. The summed E-state index contributed by atoms with van der Waals surface area (Å²) in [5.41, 5.74) is 0. The number of aromatic nitrogens is 2. The minimum absolute atomic E-state index is 0.115. The minimum Gasteiger partial charge on any atom is -0.390 e. The van der Waals surface area contributed by atoms with Gasteiger partial charge in [0.25, 0.3) is 0 Å². The third-order valence-electron chi connectivity index (χ3n) is 1.39. The monoisotopic (exact) mass is 212 g/mol. The highest BCUT2D eigenvalue weighted by Gasteiger charge is 2.12. The standard InChI is InChI=1S/C7H8N4O4/c1-6(12)15-9-3-5-10-4-2-8-7(10)11(13)14/h2-4H,5H2,1H3. The minimum atomic E-state index is -0.611. The van der Waals surface area contributed by atoms with Gasteiger partial charge in [0.2, 0.25) is 0 Å². The van der Waals surface area contributed by atoms with Crippen LogP contribution in [0.1, 0.15) is 6.92 Å². The summed E-state index contributed by atoms with van der Waals surface area (Å²) < 4.78 is 1.26. The molecule has 0 saturated heterocycles. The molecule has 0 radical (unpaired) electrons. The molecule has 0 unspecified atom stereocenters. The predicted octanol–water partition coefficient (Wildman–Crippen LogP) is 0.340. The Morgan fingerprint density at radius 1 is 1.87 bits per heavy atom. The number of hydrogen-bond donors (Lipinski definition) is 0. The zero-order valence-electron chi connectivity index (χ0n) is 7.86. The van der Waals surface area contributed by atoms with Crippen LogP contribution < -0.4 is 0 Å². The number of oxime groups is 1. The number of carbonyl (C=O) groups excluding carboxylic acids is 1. The SMILES string of the molecule is CC(=O)ON=CCn1ccnc1[N+](=O)[O-]. The van der Waals surface area contributed by atoms with E-state index in [1.54, 1.807) is 0 Å². The Balaban J connectivity index is 2.57. The van der Waals surface area contributed by atoms with Crippen molar-refractivity contribution in [2.24, 2.45) is 5.16 Å². The molecule has 1 aromatic rings. The largest absolute Gasteiger partial charge is 0.434 e. The van der Waals surface area contributed by atoms with Gasteiger partial charge in [0.1, 0.15) is 18.9 Å². The molecule has 0 atom stereocenters. The highest BCUT2D eigenvalue weighted by molar-refractivity contribution is 5.67. The summed E-state index contributed by atoms with van der Waals surface area (Å²) in [6, 6.07) is 0. The Labute approximate surface area is 84.3 Å². The van der Waals surface area contributed by atoms with E-state index in [-0.39, 0.29) is 12.5 Å². The maximum atomic E-state index is 10.4. The Morgan fingerprint density at radius 2 is 2.60 bits per heavy atom. The Hall–Kier alpha value is -2.25. The normalized spacial score (nSPS) is 10.5. The van der Waals surface area contributed by atoms with Crippen molar-refractivity contribution in [2.45, 2.75) is 13.5 Å². The molecule has 0 saturated carbocycles. The molecule has 0 fully saturated rings. The second-order valence-corrected chi connectivity index (χ2v) is 2.51. The Kier molecular flexibility index (Phi) is 3.49. The van der Waals surface area contributed by atoms with Crippen LogP contribution in [-0.4, -0.2) is 26.7 Å². The molecule has 8 heteroatoms. The van der Waals surface area contributed by atoms with E-state index in [9.17, 15) is 14.9 Å². The number of carbonyl (C=O) groups is 1. The van der Waals surface area contributed by atoms with E-state index in [0.29, 0.717) is 0 Å². The van der Waals surface area contributed by atoms with Crippen LogP contribution in [0.15, 0.2) is 17.5 Å². The Bertz CT molecular complexity index is 397. The number of nitrogens with zero attached hydrogens (tertiary/aromatic N) is 4. The van der Waals surface area contributed by atoms with Gasteiger partial charge in [-0.05, 0) is 4.92 Å². The van der Waals surface area contributed by atoms with Crippen LogP contribution in [0.5, 0.6) is 0 Å². The molecule has 0 aliphatic carbocycles. The molecule has 8 nitrogen and oxygen atoms in total. The lowest BCUT2D eigenvalue weighted by atomic mass is 10.7. The molecule has 0 aromatic carbocycles. The maximum absolute atomic E-state index is 10.4. The molecular formula is C7H8N4O4. The fourth-order valence-electron chi connectivity index (χ4n) is 0.849. The van der Waals surface area contributed by atoms with Crippen molar-refractivity contribution in [3.63, 3.8) is 0 Å². The quantitative estimate of drug-likeness (QED) is 0.310. The lowest BCUT2D eigenvalue weighted by Crippen LogP contribution is -2.04. The van der Waals surface area contributed by atoms with Crippen LogP contribution in [0.4, 0.5) is 5.95 Å². The summed E-state index contributed by atoms with van der Waals surface area (Å²) in [4.78, 5) is 27.9. The van der Waals surface area contributed by atoms with Gasteiger partial charge < -0.3 is 15.0 Å². The van der Waals surface area contributed by atoms with Gasteiger partial charge in [0.05, 0.1) is 6.21 Å². The van der Waals surface area contributed by atoms with Crippen LogP contribution in [0.2, 0.25) is 0 Å². The van der Waals surface area contributed by atoms with Gasteiger partial charge in [0, 0.05) is 6.92 Å². The molecule has 0 bridgehead atoms. The van der Waals surface area contributed by atoms with Gasteiger partial charge in [-0.2, -0.15) is 0 Å². The zero-order valence-corrected chi connectivity index (χ0v) is 7.86. The second kappa shape index (κ2) is 4.84. The lowest BCUT2D eigenvalue weighted by Gasteiger charge is -1.95. The average Bonchev–Trinajstić information content (AvgIpc) is 2.60. The molecule has 0 aliphatic rings. The van der Waals surface area contributed by atoms with Crippen molar-refractivity contribution >= 4 is 18.1 Å². The van der Waals surface area contributed by atoms with Crippen molar-refractivity contribution in [2.75, 3.05) is 0 Å². The smallest absolute Gasteiger partial charge is 0.390 e. The summed E-state index contributed by atoms with van der Waals surface area (Å²) in [5.74, 6) is -0.837. The molecule has 0 spiro atoms. The van der Waals surface area contributed by atoms with Crippen molar-refractivity contribution in [1.29, 1.82) is 0 Å². The van der Waals surface area contributed by atoms with E-state index >= 15 is 0 Å². The summed E-state index contributed by atoms with van der Waals surface area (Å²) in [6.07, 6.45) is 3.96. The van der Waals surface area contributed by atoms with Gasteiger partial charge in [0.15, 0.2) is 0 Å². The first kappa shape index (κ1) is 10.8. The molecule has 1 aromatic heterocycles. The summed E-state index contributed by atoms with van der Waals surface area (Å²) in [6.45, 7) is 1.32. The molecule has 15 heavy (non-hydrogen) atoms. The fraction of sp³-hybridized carbons (Fsp3) is 0.286. The molecule has 0 amide bonds. The number of hydrogen-bond acceptors (Lipinski definition) is 6. The number of rotatable bonds is 4. The van der Waals surface area contributed by atoms with Crippen LogP contribution in [0.25, 0.3) is 0 Å². The highest BCUT2D eigenvalue weighted by atomic mass is 16.7. The van der Waals surface area contributed by atoms with Gasteiger partial charge in [-0.3, -0.25) is 0 Å². The molecule has 1 heterocycles. The van der Waals surface area contributed by atoms with Gasteiger partial charge in [-0.1, -0.05) is 10.1 Å². The third kappa shape index (κ3) is 3.18. The van der Waals surface area contributed by atoms with Crippen LogP contribution >= 0.6 is 0 Å². The van der Waals surface area contributed by atoms with E-state index in [4.69, 9.17) is 0 Å². The lowest BCUT2D eigenvalue weighted by molar-refractivity contribution is -0.396. The van der Waals surface area contributed by atoms with Crippen LogP contribution in [-0.2, 0) is 16.2 Å². The first-order valence-electron chi connectivity index (χ1n) is 3.96. The number of imidazole rings is 1. The van der Waals surface area contributed by atoms with E-state index in [0.717, 1.165) is 0 Å². The van der Waals surface area contributed by atoms with E-state index in [1.807, 2.05) is 0 Å². The van der Waals surface area contributed by atoms with E-state index < -0.39 is 10.9 Å². The van der Waals surface area contributed by atoms with Crippen LogP contribution in [0.3, 0.4) is 0 Å². The van der Waals surface area contributed by atoms with Gasteiger partial charge in [-0.15, -0.1) is 0 Å². The first-order valence-corrected chi connectivity index (χ1v) is 3.96. The predicted molar refractivity (Wildman–Crippen MR) is 49.1 cm³/mol. The topological polar surface area (TPSA) is 99.6 Å². The fourth-order valence-corrected chi connectivity index (χ4v) is 0.849. The number of nitro groups is 1. The maximum Gasteiger partial charge on any atom is 0.434 e. The summed E-state index contributed by atoms with van der Waals surface area (Å²) >= 11 is 0. The van der Waals surface area contributed by atoms with E-state index in [2.05, 4.69) is 15.0 Å². The highest BCUT2D eigenvalue weighted by Crippen LogP contribution is 2.05. The summed E-state index contributed by atoms with van der Waals surface area (Å²) in [7, 11) is 0. The van der Waals surface area contributed by atoms with Crippen molar-refractivity contribution in [3.05, 3.63) is 22.5 Å². The Morgan fingerprint density at radius 3 is 3.20 bits per heavy atom. The molecule has 1 rings (SSSR count).